The SMILES string of the molecule is CC1CC(NC(=O)c2cc(Br)cc(C(=O)O)c2)CCO1. The summed E-state index contributed by atoms with van der Waals surface area (Å²) in [7, 11) is 0. The Kier molecular flexibility index (Phi) is 4.77. The van der Waals surface area contributed by atoms with E-state index >= 15 is 0 Å². The predicted octanol–water partition coefficient (Wildman–Crippen LogP) is 2.44. The molecule has 1 aliphatic heterocycles. The molecule has 0 spiro atoms. The largest absolute Gasteiger partial charge is 0.478 e. The van der Waals surface area contributed by atoms with Crippen LogP contribution in [0.5, 0.6) is 0 Å². The van der Waals surface area contributed by atoms with Crippen molar-refractivity contribution < 1.29 is 19.4 Å². The zero-order valence-electron chi connectivity index (χ0n) is 11.1. The number of ether oxygens (including phenoxy) is 1. The van der Waals surface area contributed by atoms with Crippen LogP contribution in [0.4, 0.5) is 0 Å². The van der Waals surface area contributed by atoms with Gasteiger partial charge in [0.05, 0.1) is 11.7 Å². The fraction of sp³-hybridized carbons (Fsp3) is 0.429. The number of carboxylic acids is 1. The minimum Gasteiger partial charge on any atom is -0.478 e. The van der Waals surface area contributed by atoms with Gasteiger partial charge in [0, 0.05) is 22.7 Å². The molecule has 6 heteroatoms. The molecule has 1 amide bonds. The first-order chi connectivity index (χ1) is 9.45. The number of halogens is 1. The standard InChI is InChI=1S/C14H16BrNO4/c1-8-4-12(2-3-20-8)16-13(17)9-5-10(14(18)19)7-11(15)6-9/h5-8,12H,2-4H2,1H3,(H,16,17)(H,18,19). The first-order valence-corrected chi connectivity index (χ1v) is 7.21. The molecular weight excluding hydrogens is 326 g/mol. The van der Waals surface area contributed by atoms with Gasteiger partial charge in [-0.25, -0.2) is 4.79 Å². The Bertz CT molecular complexity index is 532. The van der Waals surface area contributed by atoms with Crippen LogP contribution in [-0.4, -0.2) is 35.7 Å². The molecule has 2 rings (SSSR count). The highest BCUT2D eigenvalue weighted by molar-refractivity contribution is 9.10. The number of aromatic carboxylic acids is 1. The van der Waals surface area contributed by atoms with Crippen molar-refractivity contribution in [2.75, 3.05) is 6.61 Å². The van der Waals surface area contributed by atoms with Gasteiger partial charge in [-0.2, -0.15) is 0 Å². The molecule has 1 heterocycles. The van der Waals surface area contributed by atoms with Gasteiger partial charge >= 0.3 is 5.97 Å². The van der Waals surface area contributed by atoms with Crippen molar-refractivity contribution in [2.45, 2.75) is 31.9 Å². The first-order valence-electron chi connectivity index (χ1n) is 6.42. The maximum Gasteiger partial charge on any atom is 0.335 e. The summed E-state index contributed by atoms with van der Waals surface area (Å²) in [6, 6.07) is 4.53. The Labute approximate surface area is 125 Å². The molecule has 1 aliphatic rings. The van der Waals surface area contributed by atoms with E-state index in [1.54, 1.807) is 6.07 Å². The molecule has 2 atom stereocenters. The molecule has 2 unspecified atom stereocenters. The van der Waals surface area contributed by atoms with Crippen LogP contribution >= 0.6 is 15.9 Å². The minimum atomic E-state index is -1.06. The maximum absolute atomic E-state index is 12.2. The van der Waals surface area contributed by atoms with Crippen LogP contribution < -0.4 is 5.32 Å². The van der Waals surface area contributed by atoms with E-state index < -0.39 is 5.97 Å². The molecule has 5 nitrogen and oxygen atoms in total. The Morgan fingerprint density at radius 1 is 1.35 bits per heavy atom. The molecule has 0 radical (unpaired) electrons. The van der Waals surface area contributed by atoms with E-state index in [2.05, 4.69) is 21.2 Å². The van der Waals surface area contributed by atoms with E-state index in [0.29, 0.717) is 16.6 Å². The molecule has 2 N–H and O–H groups in total. The van der Waals surface area contributed by atoms with Crippen molar-refractivity contribution in [2.24, 2.45) is 0 Å². The third kappa shape index (κ3) is 3.80. The highest BCUT2D eigenvalue weighted by Gasteiger charge is 2.22. The summed E-state index contributed by atoms with van der Waals surface area (Å²) in [4.78, 5) is 23.2. The Morgan fingerprint density at radius 3 is 2.70 bits per heavy atom. The molecule has 20 heavy (non-hydrogen) atoms. The lowest BCUT2D eigenvalue weighted by atomic mass is 10.0. The fourth-order valence-electron chi connectivity index (χ4n) is 2.24. The Balaban J connectivity index is 2.10. The number of rotatable bonds is 3. The number of carbonyl (C=O) groups is 2. The van der Waals surface area contributed by atoms with Crippen molar-refractivity contribution in [3.05, 3.63) is 33.8 Å². The first kappa shape index (κ1) is 15.0. The third-order valence-electron chi connectivity index (χ3n) is 3.23. The van der Waals surface area contributed by atoms with Gasteiger partial charge in [0.2, 0.25) is 0 Å². The highest BCUT2D eigenvalue weighted by atomic mass is 79.9. The molecule has 0 bridgehead atoms. The smallest absolute Gasteiger partial charge is 0.335 e. The Morgan fingerprint density at radius 2 is 2.05 bits per heavy atom. The van der Waals surface area contributed by atoms with Gasteiger partial charge in [0.15, 0.2) is 0 Å². The van der Waals surface area contributed by atoms with Gasteiger partial charge in [-0.15, -0.1) is 0 Å². The lowest BCUT2D eigenvalue weighted by Gasteiger charge is -2.28. The van der Waals surface area contributed by atoms with Crippen molar-refractivity contribution in [3.8, 4) is 0 Å². The van der Waals surface area contributed by atoms with Gasteiger partial charge in [-0.3, -0.25) is 4.79 Å². The second kappa shape index (κ2) is 6.37. The van der Waals surface area contributed by atoms with Crippen LogP contribution in [0.2, 0.25) is 0 Å². The average molecular weight is 342 g/mol. The van der Waals surface area contributed by atoms with Gasteiger partial charge in [0.1, 0.15) is 0 Å². The molecule has 108 valence electrons. The number of amides is 1. The summed E-state index contributed by atoms with van der Waals surface area (Å²) >= 11 is 3.22. The third-order valence-corrected chi connectivity index (χ3v) is 3.69. The van der Waals surface area contributed by atoms with Gasteiger partial charge < -0.3 is 15.2 Å². The topological polar surface area (TPSA) is 75.6 Å². The molecular formula is C14H16BrNO4. The van der Waals surface area contributed by atoms with E-state index in [1.807, 2.05) is 6.92 Å². The number of hydrogen-bond donors (Lipinski definition) is 2. The van der Waals surface area contributed by atoms with Crippen molar-refractivity contribution >= 4 is 27.8 Å². The second-order valence-corrected chi connectivity index (χ2v) is 5.83. The quantitative estimate of drug-likeness (QED) is 0.885. The summed E-state index contributed by atoms with van der Waals surface area (Å²) in [5.74, 6) is -1.31. The van der Waals surface area contributed by atoms with E-state index in [0.717, 1.165) is 12.8 Å². The van der Waals surface area contributed by atoms with Crippen LogP contribution in [0, 0.1) is 0 Å². The summed E-state index contributed by atoms with van der Waals surface area (Å²) in [5, 5.41) is 11.9. The van der Waals surface area contributed by atoms with Crippen molar-refractivity contribution in [1.82, 2.24) is 5.32 Å². The number of carboxylic acid groups (broad SMARTS) is 1. The zero-order chi connectivity index (χ0) is 14.7. The van der Waals surface area contributed by atoms with Crippen molar-refractivity contribution in [3.63, 3.8) is 0 Å². The molecule has 1 fully saturated rings. The predicted molar refractivity (Wildman–Crippen MR) is 77.0 cm³/mol. The normalized spacial score (nSPS) is 22.3. The van der Waals surface area contributed by atoms with E-state index in [9.17, 15) is 9.59 Å². The number of hydrogen-bond acceptors (Lipinski definition) is 3. The van der Waals surface area contributed by atoms with E-state index in [1.165, 1.54) is 12.1 Å². The summed E-state index contributed by atoms with van der Waals surface area (Å²) < 4.78 is 6.00. The van der Waals surface area contributed by atoms with Gasteiger partial charge in [-0.05, 0) is 38.0 Å². The van der Waals surface area contributed by atoms with Gasteiger partial charge in [-0.1, -0.05) is 15.9 Å². The van der Waals surface area contributed by atoms with Crippen LogP contribution in [0.3, 0.4) is 0 Å². The number of benzene rings is 1. The Hall–Kier alpha value is -1.40. The molecule has 1 aromatic rings. The van der Waals surface area contributed by atoms with Crippen LogP contribution in [-0.2, 0) is 4.74 Å². The zero-order valence-corrected chi connectivity index (χ0v) is 12.6. The van der Waals surface area contributed by atoms with Crippen molar-refractivity contribution in [1.29, 1.82) is 0 Å². The minimum absolute atomic E-state index is 0.0681. The molecule has 1 aromatic carbocycles. The lowest BCUT2D eigenvalue weighted by Crippen LogP contribution is -2.41. The monoisotopic (exact) mass is 341 g/mol. The average Bonchev–Trinajstić information content (AvgIpc) is 2.37. The van der Waals surface area contributed by atoms with Gasteiger partial charge in [0.25, 0.3) is 5.91 Å². The maximum atomic E-state index is 12.2. The molecule has 0 aromatic heterocycles. The number of carbonyl (C=O) groups excluding carboxylic acids is 1. The second-order valence-electron chi connectivity index (χ2n) is 4.91. The number of nitrogens with one attached hydrogen (secondary N) is 1. The van der Waals surface area contributed by atoms with Crippen LogP contribution in [0.15, 0.2) is 22.7 Å². The molecule has 0 aliphatic carbocycles. The summed E-state index contributed by atoms with van der Waals surface area (Å²) in [5.41, 5.74) is 0.431. The van der Waals surface area contributed by atoms with Crippen LogP contribution in [0.1, 0.15) is 40.5 Å². The summed E-state index contributed by atoms with van der Waals surface area (Å²) in [6.07, 6.45) is 1.67. The molecule has 0 saturated carbocycles. The van der Waals surface area contributed by atoms with E-state index in [-0.39, 0.29) is 23.6 Å². The van der Waals surface area contributed by atoms with E-state index in [4.69, 9.17) is 9.84 Å². The molecule has 1 saturated heterocycles. The summed E-state index contributed by atoms with van der Waals surface area (Å²) in [6.45, 7) is 2.60. The highest BCUT2D eigenvalue weighted by Crippen LogP contribution is 2.18. The van der Waals surface area contributed by atoms with Crippen LogP contribution in [0.25, 0.3) is 0 Å². The lowest BCUT2D eigenvalue weighted by molar-refractivity contribution is 0.0136. The fourth-order valence-corrected chi connectivity index (χ4v) is 2.74.